The van der Waals surface area contributed by atoms with Gasteiger partial charge in [0.1, 0.15) is 6.61 Å². The van der Waals surface area contributed by atoms with E-state index in [1.54, 1.807) is 37.3 Å². The molecule has 0 bridgehead atoms. The summed E-state index contributed by atoms with van der Waals surface area (Å²) in [6.45, 7) is 3.17. The SMILES string of the molecule is CC12CC(O)C3(F)C(CCC4=CC(=O)C=CC43C)C1CC(CN(O)c1ccc(Cl)cc1)C2C(=O)CO. The number of carbonyl (C=O) groups is 2. The first-order valence-electron chi connectivity index (χ1n) is 12.6. The lowest BCUT2D eigenvalue weighted by Crippen LogP contribution is -2.66. The van der Waals surface area contributed by atoms with Gasteiger partial charge in [-0.2, -0.15) is 0 Å². The summed E-state index contributed by atoms with van der Waals surface area (Å²) < 4.78 is 17.3. The van der Waals surface area contributed by atoms with Crippen molar-refractivity contribution in [2.75, 3.05) is 18.2 Å². The van der Waals surface area contributed by atoms with E-state index in [9.17, 15) is 25.0 Å². The number of hydrogen-bond donors (Lipinski definition) is 3. The molecular weight excluding hydrogens is 485 g/mol. The lowest BCUT2D eigenvalue weighted by atomic mass is 9.45. The van der Waals surface area contributed by atoms with Crippen LogP contribution in [0.1, 0.15) is 39.5 Å². The first-order chi connectivity index (χ1) is 17.0. The Labute approximate surface area is 215 Å². The number of Topliss-reactive ketones (excluding diaryl/α,β-unsaturated/α-hetero) is 1. The van der Waals surface area contributed by atoms with Crippen molar-refractivity contribution in [2.45, 2.75) is 51.3 Å². The van der Waals surface area contributed by atoms with E-state index in [1.807, 2.05) is 6.92 Å². The second-order valence-corrected chi connectivity index (χ2v) is 11.9. The van der Waals surface area contributed by atoms with Crippen LogP contribution in [0.15, 0.2) is 48.1 Å². The molecule has 8 heteroatoms. The van der Waals surface area contributed by atoms with Crippen LogP contribution in [-0.4, -0.2) is 51.9 Å². The normalized spacial score (nSPS) is 41.2. The number of hydroxylamine groups is 1. The fourth-order valence-electron chi connectivity index (χ4n) is 8.24. The van der Waals surface area contributed by atoms with Gasteiger partial charge in [0.25, 0.3) is 0 Å². The van der Waals surface area contributed by atoms with Gasteiger partial charge in [-0.05, 0) is 86.3 Å². The van der Waals surface area contributed by atoms with Crippen LogP contribution in [0.2, 0.25) is 5.02 Å². The Hall–Kier alpha value is -2.06. The highest BCUT2D eigenvalue weighted by Gasteiger charge is 2.72. The highest BCUT2D eigenvalue weighted by Crippen LogP contribution is 2.69. The highest BCUT2D eigenvalue weighted by molar-refractivity contribution is 6.30. The van der Waals surface area contributed by atoms with E-state index in [-0.39, 0.29) is 36.4 Å². The maximum absolute atomic E-state index is 17.3. The maximum atomic E-state index is 17.3. The summed E-state index contributed by atoms with van der Waals surface area (Å²) in [6, 6.07) is 6.68. The molecule has 3 N–H and O–H groups in total. The summed E-state index contributed by atoms with van der Waals surface area (Å²) in [6.07, 6.45) is 4.71. The standard InChI is InChI=1S/C28H33ClFNO5/c1-26-13-24(35)28(30)21(8-3-17-12-20(33)9-10-27(17,28)2)22(26)11-16(25(26)23(34)15-32)14-31(36)19-6-4-18(29)5-7-19/h4-7,9-10,12,16,21-22,24-25,32,35-36H,3,8,11,13-15H2,1-2H3. The number of alkyl halides is 1. The Morgan fingerprint density at radius 2 is 1.92 bits per heavy atom. The number of aliphatic hydroxyl groups is 2. The van der Waals surface area contributed by atoms with Gasteiger partial charge in [0, 0.05) is 28.8 Å². The number of carbonyl (C=O) groups excluding carboxylic acids is 2. The molecule has 3 saturated carbocycles. The molecule has 3 fully saturated rings. The average molecular weight is 518 g/mol. The second kappa shape index (κ2) is 8.76. The van der Waals surface area contributed by atoms with Crippen LogP contribution in [0.5, 0.6) is 0 Å². The first kappa shape index (κ1) is 25.6. The second-order valence-electron chi connectivity index (χ2n) is 11.5. The van der Waals surface area contributed by atoms with Crippen molar-refractivity contribution in [3.63, 3.8) is 0 Å². The molecule has 8 atom stereocenters. The van der Waals surface area contributed by atoms with Crippen molar-refractivity contribution in [3.8, 4) is 0 Å². The number of hydrogen-bond acceptors (Lipinski definition) is 6. The minimum Gasteiger partial charge on any atom is -0.390 e. The van der Waals surface area contributed by atoms with Crippen LogP contribution in [-0.2, 0) is 9.59 Å². The van der Waals surface area contributed by atoms with Crippen LogP contribution in [0, 0.1) is 34.5 Å². The molecule has 1 aromatic rings. The molecule has 5 rings (SSSR count). The van der Waals surface area contributed by atoms with E-state index in [0.29, 0.717) is 35.5 Å². The molecule has 1 aromatic carbocycles. The monoisotopic (exact) mass is 517 g/mol. The van der Waals surface area contributed by atoms with Gasteiger partial charge in [-0.15, -0.1) is 0 Å². The zero-order valence-electron chi connectivity index (χ0n) is 20.5. The average Bonchev–Trinajstić information content (AvgIpc) is 3.11. The number of benzene rings is 1. The number of aliphatic hydroxyl groups excluding tert-OH is 2. The van der Waals surface area contributed by atoms with E-state index in [4.69, 9.17) is 11.6 Å². The summed E-state index contributed by atoms with van der Waals surface area (Å²) >= 11 is 5.97. The Bertz CT molecular complexity index is 1140. The number of allylic oxidation sites excluding steroid dienone is 4. The van der Waals surface area contributed by atoms with E-state index < -0.39 is 41.0 Å². The molecule has 0 heterocycles. The van der Waals surface area contributed by atoms with E-state index in [1.165, 1.54) is 12.2 Å². The molecule has 0 aliphatic heterocycles. The molecule has 194 valence electrons. The lowest BCUT2D eigenvalue weighted by molar-refractivity contribution is -0.196. The smallest absolute Gasteiger partial charge is 0.178 e. The Morgan fingerprint density at radius 3 is 2.58 bits per heavy atom. The molecule has 4 aliphatic carbocycles. The predicted molar refractivity (Wildman–Crippen MR) is 133 cm³/mol. The molecule has 0 aromatic heterocycles. The minimum atomic E-state index is -1.99. The molecule has 0 radical (unpaired) electrons. The predicted octanol–water partition coefficient (Wildman–Crippen LogP) is 4.31. The molecule has 4 aliphatic rings. The maximum Gasteiger partial charge on any atom is 0.178 e. The Morgan fingerprint density at radius 1 is 1.22 bits per heavy atom. The summed E-state index contributed by atoms with van der Waals surface area (Å²) in [5, 5.41) is 33.7. The van der Waals surface area contributed by atoms with Gasteiger partial charge >= 0.3 is 0 Å². The topological polar surface area (TPSA) is 98.1 Å². The molecular formula is C28H33ClFNO5. The fraction of sp³-hybridized carbons (Fsp3) is 0.571. The third kappa shape index (κ3) is 3.54. The third-order valence-electron chi connectivity index (χ3n) is 9.85. The van der Waals surface area contributed by atoms with Gasteiger partial charge in [0.15, 0.2) is 17.2 Å². The van der Waals surface area contributed by atoms with Crippen molar-refractivity contribution in [1.82, 2.24) is 0 Å². The quantitative estimate of drug-likeness (QED) is 0.503. The van der Waals surface area contributed by atoms with Crippen LogP contribution in [0.4, 0.5) is 10.1 Å². The van der Waals surface area contributed by atoms with Crippen LogP contribution < -0.4 is 5.06 Å². The Kier molecular flexibility index (Phi) is 6.22. The van der Waals surface area contributed by atoms with Crippen molar-refractivity contribution in [1.29, 1.82) is 0 Å². The van der Waals surface area contributed by atoms with Gasteiger partial charge in [-0.1, -0.05) is 30.2 Å². The largest absolute Gasteiger partial charge is 0.390 e. The van der Waals surface area contributed by atoms with Crippen LogP contribution in [0.3, 0.4) is 0 Å². The van der Waals surface area contributed by atoms with Crippen molar-refractivity contribution in [3.05, 3.63) is 53.1 Å². The summed E-state index contributed by atoms with van der Waals surface area (Å²) in [5.74, 6) is -2.27. The molecule has 8 unspecified atom stereocenters. The van der Waals surface area contributed by atoms with Crippen LogP contribution in [0.25, 0.3) is 0 Å². The number of anilines is 1. The third-order valence-corrected chi connectivity index (χ3v) is 10.1. The number of halogens is 2. The summed E-state index contributed by atoms with van der Waals surface area (Å²) in [7, 11) is 0. The van der Waals surface area contributed by atoms with E-state index in [2.05, 4.69) is 0 Å². The minimum absolute atomic E-state index is 0.0641. The van der Waals surface area contributed by atoms with E-state index >= 15 is 4.39 Å². The highest BCUT2D eigenvalue weighted by atomic mass is 35.5. The van der Waals surface area contributed by atoms with Crippen molar-refractivity contribution < 1.29 is 29.4 Å². The molecule has 36 heavy (non-hydrogen) atoms. The molecule has 0 saturated heterocycles. The summed E-state index contributed by atoms with van der Waals surface area (Å²) in [4.78, 5) is 25.1. The zero-order chi connectivity index (χ0) is 26.0. The van der Waals surface area contributed by atoms with Gasteiger partial charge in [0.2, 0.25) is 0 Å². The molecule has 0 spiro atoms. The van der Waals surface area contributed by atoms with Gasteiger partial charge in [-0.3, -0.25) is 19.9 Å². The molecule has 0 amide bonds. The number of ketones is 2. The van der Waals surface area contributed by atoms with E-state index in [0.717, 1.165) is 5.06 Å². The Balaban J connectivity index is 1.51. The van der Waals surface area contributed by atoms with Gasteiger partial charge in [0.05, 0.1) is 11.8 Å². The first-order valence-corrected chi connectivity index (χ1v) is 13.0. The van der Waals surface area contributed by atoms with Crippen molar-refractivity contribution >= 4 is 28.9 Å². The fourth-order valence-corrected chi connectivity index (χ4v) is 8.37. The number of fused-ring (bicyclic) bond motifs is 5. The van der Waals surface area contributed by atoms with Gasteiger partial charge < -0.3 is 10.2 Å². The lowest BCUT2D eigenvalue weighted by Gasteiger charge is -2.61. The number of nitrogens with zero attached hydrogens (tertiary/aromatic N) is 1. The van der Waals surface area contributed by atoms with Crippen molar-refractivity contribution in [2.24, 2.45) is 34.5 Å². The van der Waals surface area contributed by atoms with Gasteiger partial charge in [-0.25, -0.2) is 4.39 Å². The zero-order valence-corrected chi connectivity index (χ0v) is 21.3. The molecule has 6 nitrogen and oxygen atoms in total. The van der Waals surface area contributed by atoms with Crippen LogP contribution >= 0.6 is 11.6 Å². The summed E-state index contributed by atoms with van der Waals surface area (Å²) in [5.41, 5.74) is -2.61. The number of rotatable bonds is 5.